The zero-order valence-corrected chi connectivity index (χ0v) is 14.9. The molecular weight excluding hydrogens is 334 g/mol. The molecule has 140 valence electrons. The number of nitrogens with zero attached hydrogens (tertiary/aromatic N) is 1. The number of benzene rings is 1. The average molecular weight is 359 g/mol. The van der Waals surface area contributed by atoms with E-state index in [-0.39, 0.29) is 24.0 Å². The van der Waals surface area contributed by atoms with E-state index >= 15 is 0 Å². The highest BCUT2D eigenvalue weighted by Gasteiger charge is 2.44. The van der Waals surface area contributed by atoms with Gasteiger partial charge >= 0.3 is 5.97 Å². The zero-order chi connectivity index (χ0) is 19.3. The van der Waals surface area contributed by atoms with Crippen molar-refractivity contribution in [1.82, 2.24) is 5.01 Å². The molecule has 8 heteroatoms. The van der Waals surface area contributed by atoms with Crippen molar-refractivity contribution in [3.8, 4) is 0 Å². The molecule has 0 radical (unpaired) electrons. The molecule has 1 fully saturated rings. The lowest BCUT2D eigenvalue weighted by atomic mass is 10.1. The molecule has 0 aliphatic heterocycles. The lowest BCUT2D eigenvalue weighted by Crippen LogP contribution is -2.22. The summed E-state index contributed by atoms with van der Waals surface area (Å²) in [5.74, 6) is 4.98. The SMILES string of the molecule is COC(=O)/C(C=N)=C(/Nc1cccc(CO)c1)[C@@H]1CC1/C(N)=C/N(C)N. The van der Waals surface area contributed by atoms with Crippen molar-refractivity contribution in [3.63, 3.8) is 0 Å². The molecule has 0 aromatic heterocycles. The molecule has 1 aliphatic carbocycles. The third kappa shape index (κ3) is 4.62. The number of nitrogens with one attached hydrogen (secondary N) is 2. The molecule has 0 saturated heterocycles. The number of carbonyl (C=O) groups excluding carboxylic acids is 1. The fourth-order valence-electron chi connectivity index (χ4n) is 2.83. The van der Waals surface area contributed by atoms with E-state index in [2.05, 4.69) is 5.32 Å². The van der Waals surface area contributed by atoms with Gasteiger partial charge in [-0.05, 0) is 24.1 Å². The van der Waals surface area contributed by atoms with Crippen molar-refractivity contribution in [2.24, 2.45) is 23.4 Å². The van der Waals surface area contributed by atoms with Gasteiger partial charge in [0.05, 0.1) is 19.3 Å². The van der Waals surface area contributed by atoms with E-state index in [4.69, 9.17) is 21.7 Å². The van der Waals surface area contributed by atoms with Crippen molar-refractivity contribution in [1.29, 1.82) is 5.41 Å². The molecule has 1 aliphatic rings. The maximum atomic E-state index is 12.1. The number of rotatable bonds is 8. The largest absolute Gasteiger partial charge is 0.465 e. The zero-order valence-electron chi connectivity index (χ0n) is 14.9. The number of ether oxygens (including phenoxy) is 1. The summed E-state index contributed by atoms with van der Waals surface area (Å²) in [4.78, 5) is 12.1. The minimum Gasteiger partial charge on any atom is -0.465 e. The van der Waals surface area contributed by atoms with E-state index in [9.17, 15) is 9.90 Å². The highest BCUT2D eigenvalue weighted by atomic mass is 16.5. The highest BCUT2D eigenvalue weighted by molar-refractivity contribution is 6.09. The van der Waals surface area contributed by atoms with E-state index in [0.717, 1.165) is 18.2 Å². The molecule has 0 amide bonds. The molecule has 8 nitrogen and oxygen atoms in total. The summed E-state index contributed by atoms with van der Waals surface area (Å²) in [5, 5.41) is 21.5. The highest BCUT2D eigenvalue weighted by Crippen LogP contribution is 2.48. The van der Waals surface area contributed by atoms with Crippen LogP contribution in [0.4, 0.5) is 5.69 Å². The van der Waals surface area contributed by atoms with E-state index in [1.165, 1.54) is 12.1 Å². The van der Waals surface area contributed by atoms with Crippen LogP contribution in [-0.4, -0.2) is 36.5 Å². The van der Waals surface area contributed by atoms with Crippen LogP contribution in [0.25, 0.3) is 0 Å². The molecule has 26 heavy (non-hydrogen) atoms. The Morgan fingerprint density at radius 3 is 2.81 bits per heavy atom. The second kappa shape index (κ2) is 8.50. The van der Waals surface area contributed by atoms with Gasteiger partial charge in [0.1, 0.15) is 0 Å². The van der Waals surface area contributed by atoms with Gasteiger partial charge in [-0.1, -0.05) is 12.1 Å². The van der Waals surface area contributed by atoms with Crippen LogP contribution >= 0.6 is 0 Å². The summed E-state index contributed by atoms with van der Waals surface area (Å²) in [5.41, 5.74) is 8.85. The van der Waals surface area contributed by atoms with Gasteiger partial charge in [-0.15, -0.1) is 0 Å². The van der Waals surface area contributed by atoms with Crippen LogP contribution in [0.5, 0.6) is 0 Å². The number of aliphatic hydroxyl groups is 1. The van der Waals surface area contributed by atoms with E-state index in [1.54, 1.807) is 31.4 Å². The van der Waals surface area contributed by atoms with Gasteiger partial charge < -0.3 is 31.3 Å². The first-order valence-electron chi connectivity index (χ1n) is 8.15. The minimum absolute atomic E-state index is 0.0177. The number of carbonyl (C=O) groups is 1. The number of nitrogens with two attached hydrogens (primary N) is 2. The Morgan fingerprint density at radius 2 is 2.23 bits per heavy atom. The van der Waals surface area contributed by atoms with Gasteiger partial charge in [0, 0.05) is 48.4 Å². The first kappa shape index (κ1) is 19.5. The molecule has 1 saturated carbocycles. The van der Waals surface area contributed by atoms with Crippen LogP contribution in [0.1, 0.15) is 12.0 Å². The molecule has 0 bridgehead atoms. The summed E-state index contributed by atoms with van der Waals surface area (Å²) >= 11 is 0. The van der Waals surface area contributed by atoms with Crippen LogP contribution in [0.3, 0.4) is 0 Å². The van der Waals surface area contributed by atoms with Crippen molar-refractivity contribution in [2.75, 3.05) is 19.5 Å². The van der Waals surface area contributed by atoms with E-state index < -0.39 is 5.97 Å². The number of hydrazine groups is 1. The summed E-state index contributed by atoms with van der Waals surface area (Å²) in [6.45, 7) is -0.0897. The summed E-state index contributed by atoms with van der Waals surface area (Å²) in [7, 11) is 2.95. The Morgan fingerprint density at radius 1 is 1.50 bits per heavy atom. The minimum atomic E-state index is -0.593. The lowest BCUT2D eigenvalue weighted by Gasteiger charge is -2.15. The molecule has 1 aromatic rings. The first-order valence-corrected chi connectivity index (χ1v) is 8.15. The quantitative estimate of drug-likeness (QED) is 0.153. The maximum Gasteiger partial charge on any atom is 0.341 e. The van der Waals surface area contributed by atoms with E-state index in [0.29, 0.717) is 17.1 Å². The van der Waals surface area contributed by atoms with Gasteiger partial charge in [-0.25, -0.2) is 10.6 Å². The fourth-order valence-corrected chi connectivity index (χ4v) is 2.83. The van der Waals surface area contributed by atoms with Crippen molar-refractivity contribution < 1.29 is 14.6 Å². The van der Waals surface area contributed by atoms with Crippen molar-refractivity contribution >= 4 is 17.9 Å². The van der Waals surface area contributed by atoms with Gasteiger partial charge in [0.15, 0.2) is 0 Å². The monoisotopic (exact) mass is 359 g/mol. The van der Waals surface area contributed by atoms with Gasteiger partial charge in [0.2, 0.25) is 0 Å². The van der Waals surface area contributed by atoms with E-state index in [1.807, 2.05) is 6.07 Å². The normalized spacial score (nSPS) is 20.1. The Balaban J connectivity index is 2.36. The van der Waals surface area contributed by atoms with Crippen LogP contribution in [-0.2, 0) is 16.1 Å². The Bertz CT molecular complexity index is 742. The van der Waals surface area contributed by atoms with Gasteiger partial charge in [0.25, 0.3) is 0 Å². The Hall–Kier alpha value is -2.84. The third-order valence-electron chi connectivity index (χ3n) is 4.17. The summed E-state index contributed by atoms with van der Waals surface area (Å²) < 4.78 is 4.80. The molecule has 7 N–H and O–H groups in total. The lowest BCUT2D eigenvalue weighted by molar-refractivity contribution is -0.135. The summed E-state index contributed by atoms with van der Waals surface area (Å²) in [6.07, 6.45) is 3.35. The molecule has 2 atom stereocenters. The number of hydrogen-bond donors (Lipinski definition) is 5. The predicted octanol–water partition coefficient (Wildman–Crippen LogP) is 0.909. The molecule has 2 rings (SSSR count). The molecule has 0 heterocycles. The number of aliphatic hydroxyl groups excluding tert-OH is 1. The van der Waals surface area contributed by atoms with Gasteiger partial charge in [-0.2, -0.15) is 0 Å². The number of allylic oxidation sites excluding steroid dienone is 2. The molecule has 0 spiro atoms. The first-order chi connectivity index (χ1) is 12.4. The van der Waals surface area contributed by atoms with Gasteiger partial charge in [-0.3, -0.25) is 0 Å². The molecule has 1 aromatic carbocycles. The van der Waals surface area contributed by atoms with Crippen molar-refractivity contribution in [2.45, 2.75) is 13.0 Å². The van der Waals surface area contributed by atoms with Crippen LogP contribution in [0.2, 0.25) is 0 Å². The smallest absolute Gasteiger partial charge is 0.341 e. The second-order valence-corrected chi connectivity index (χ2v) is 6.19. The third-order valence-corrected chi connectivity index (χ3v) is 4.17. The number of methoxy groups -OCH3 is 1. The fraction of sp³-hybridized carbons (Fsp3) is 0.333. The number of esters is 1. The Kier molecular flexibility index (Phi) is 6.37. The topological polar surface area (TPSA) is 138 Å². The molecular formula is C18H25N5O3. The summed E-state index contributed by atoms with van der Waals surface area (Å²) in [6, 6.07) is 7.20. The van der Waals surface area contributed by atoms with Crippen LogP contribution < -0.4 is 16.9 Å². The predicted molar refractivity (Wildman–Crippen MR) is 99.6 cm³/mol. The van der Waals surface area contributed by atoms with Crippen LogP contribution in [0, 0.1) is 17.2 Å². The number of hydrogen-bond acceptors (Lipinski definition) is 8. The standard InChI is InChI=1S/C18H25N5O3/c1-23(21)9-16(20)13-7-14(13)17(15(8-19)18(25)26-2)22-12-5-3-4-11(6-12)10-24/h3-6,8-9,13-14,19,22,24H,7,10,20-21H2,1-2H3/b16-9-,17-15+,19-8?/t13?,14-/m1/s1. The maximum absolute atomic E-state index is 12.1. The Labute approximate surface area is 152 Å². The van der Waals surface area contributed by atoms with Crippen molar-refractivity contribution in [3.05, 3.63) is 53.0 Å². The van der Waals surface area contributed by atoms with Crippen LogP contribution in [0.15, 0.2) is 47.4 Å². The average Bonchev–Trinajstić information content (AvgIpc) is 3.41. The number of anilines is 1. The second-order valence-electron chi connectivity index (χ2n) is 6.19. The molecule has 1 unspecified atom stereocenters.